The van der Waals surface area contributed by atoms with E-state index in [4.69, 9.17) is 0 Å². The molecule has 0 spiro atoms. The molecule has 0 bridgehead atoms. The summed E-state index contributed by atoms with van der Waals surface area (Å²) in [5.74, 6) is -0.243. The minimum atomic E-state index is -3.92. The summed E-state index contributed by atoms with van der Waals surface area (Å²) in [5, 5.41) is 0. The fraction of sp³-hybridized carbons (Fsp3) is 1.00. The Morgan fingerprint density at radius 3 is 1.58 bits per heavy atom. The van der Waals surface area contributed by atoms with Crippen LogP contribution in [0.15, 0.2) is 0 Å². The van der Waals surface area contributed by atoms with E-state index in [0.717, 1.165) is 0 Å². The average molecular weight is 198 g/mol. The molecule has 0 radical (unpaired) electrons. The zero-order valence-electron chi connectivity index (χ0n) is 6.76. The average Bonchev–Trinajstić information content (AvgIpc) is 1.58. The fourth-order valence-corrected chi connectivity index (χ4v) is 0.750. The summed E-state index contributed by atoms with van der Waals surface area (Å²) in [6.45, 7) is 1.65. The van der Waals surface area contributed by atoms with Crippen LogP contribution in [-0.2, 0) is 10.1 Å². The van der Waals surface area contributed by atoms with E-state index in [-0.39, 0.29) is 24.6 Å². The Bertz CT molecular complexity index is 171. The smallest absolute Gasteiger partial charge is 0.748 e. The quantitative estimate of drug-likeness (QED) is 0.374. The van der Waals surface area contributed by atoms with Crippen molar-refractivity contribution in [2.75, 3.05) is 5.75 Å². The van der Waals surface area contributed by atoms with Gasteiger partial charge in [-0.2, -0.15) is 0 Å². The van der Waals surface area contributed by atoms with E-state index in [1.54, 1.807) is 6.92 Å². The third-order valence-electron chi connectivity index (χ3n) is 0.454. The van der Waals surface area contributed by atoms with Gasteiger partial charge < -0.3 is 4.55 Å². The van der Waals surface area contributed by atoms with E-state index < -0.39 is 17.7 Å². The van der Waals surface area contributed by atoms with E-state index in [1.807, 2.05) is 0 Å². The maximum atomic E-state index is 9.68. The van der Waals surface area contributed by atoms with Crippen LogP contribution >= 0.6 is 0 Å². The van der Waals surface area contributed by atoms with Gasteiger partial charge in [0.1, 0.15) is 0 Å². The van der Waals surface area contributed by atoms with Gasteiger partial charge in [0, 0.05) is 5.75 Å². The molecule has 0 aromatic rings. The summed E-state index contributed by atoms with van der Waals surface area (Å²) < 4.78 is 58.0. The normalized spacial score (nSPS) is 9.08. The largest absolute Gasteiger partial charge is 1.00 e. The minimum Gasteiger partial charge on any atom is -0.748 e. The van der Waals surface area contributed by atoms with Crippen molar-refractivity contribution in [3.05, 3.63) is 0 Å². The molecule has 0 amide bonds. The molecule has 0 aromatic carbocycles. The van der Waals surface area contributed by atoms with Crippen LogP contribution in [-0.4, -0.2) is 26.3 Å². The molecule has 0 aromatic heterocycles. The molecular weight excluding hydrogens is 191 g/mol. The standard InChI is InChI=1S/C3H8O3S.BF3.Li/c1-2-3-7(4,5)6;2-1(3)4;/h2-3H2,1H3,(H,4,5,6);;/q;;+1/p-1. The second-order valence-corrected chi connectivity index (χ2v) is 3.03. The first kappa shape index (κ1) is 18.2. The second-order valence-electron chi connectivity index (χ2n) is 1.51. The molecule has 68 valence electrons. The predicted molar refractivity (Wildman–Crippen MR) is 33.9 cm³/mol. The van der Waals surface area contributed by atoms with E-state index in [9.17, 15) is 25.9 Å². The van der Waals surface area contributed by atoms with E-state index in [2.05, 4.69) is 0 Å². The first-order chi connectivity index (χ1) is 4.79. The van der Waals surface area contributed by atoms with Crippen LogP contribution < -0.4 is 18.9 Å². The Morgan fingerprint density at radius 1 is 1.33 bits per heavy atom. The number of hydrogen-bond donors (Lipinski definition) is 0. The van der Waals surface area contributed by atoms with Gasteiger partial charge in [0.05, 0.1) is 10.1 Å². The number of halogens is 3. The molecule has 12 heavy (non-hydrogen) atoms. The Hall–Kier alpha value is 0.362. The van der Waals surface area contributed by atoms with E-state index >= 15 is 0 Å². The number of rotatable bonds is 2. The minimum absolute atomic E-state index is 0. The summed E-state index contributed by atoms with van der Waals surface area (Å²) in [5.41, 5.74) is 0. The van der Waals surface area contributed by atoms with Gasteiger partial charge in [0.2, 0.25) is 0 Å². The summed E-state index contributed by atoms with van der Waals surface area (Å²) in [6, 6.07) is 0. The molecule has 0 aliphatic carbocycles. The third kappa shape index (κ3) is 47.7. The maximum absolute atomic E-state index is 9.68. The summed E-state index contributed by atoms with van der Waals surface area (Å²) in [4.78, 5) is 0. The first-order valence-electron chi connectivity index (χ1n) is 2.65. The van der Waals surface area contributed by atoms with Gasteiger partial charge in [-0.1, -0.05) is 6.92 Å². The van der Waals surface area contributed by atoms with Crippen molar-refractivity contribution in [1.29, 1.82) is 0 Å². The van der Waals surface area contributed by atoms with Crippen molar-refractivity contribution < 1.29 is 44.8 Å². The fourth-order valence-electron chi connectivity index (χ4n) is 0.250. The van der Waals surface area contributed by atoms with Gasteiger partial charge in [-0.05, 0) is 6.42 Å². The van der Waals surface area contributed by atoms with Crippen LogP contribution in [0.2, 0.25) is 0 Å². The molecule has 0 saturated heterocycles. The third-order valence-corrected chi connectivity index (χ3v) is 1.36. The van der Waals surface area contributed by atoms with Crippen molar-refractivity contribution in [2.24, 2.45) is 0 Å². The Kier molecular flexibility index (Phi) is 14.3. The summed E-state index contributed by atoms with van der Waals surface area (Å²) in [7, 11) is -7.59. The molecule has 0 aliphatic heterocycles. The van der Waals surface area contributed by atoms with Crippen molar-refractivity contribution in [3.63, 3.8) is 0 Å². The SMILES string of the molecule is CCCS(=O)(=O)[O-].FB(F)F.[Li+]. The van der Waals surface area contributed by atoms with Crippen LogP contribution in [0.3, 0.4) is 0 Å². The molecule has 3 nitrogen and oxygen atoms in total. The molecule has 0 saturated carbocycles. The monoisotopic (exact) mass is 198 g/mol. The van der Waals surface area contributed by atoms with Gasteiger partial charge >= 0.3 is 26.4 Å². The Balaban J connectivity index is -0.000000142. The van der Waals surface area contributed by atoms with E-state index in [1.165, 1.54) is 0 Å². The zero-order valence-corrected chi connectivity index (χ0v) is 7.57. The van der Waals surface area contributed by atoms with Crippen molar-refractivity contribution in [2.45, 2.75) is 13.3 Å². The molecule has 0 rings (SSSR count). The molecular formula is C3H7BF3LiO3S. The van der Waals surface area contributed by atoms with Gasteiger partial charge in [-0.3, -0.25) is 12.9 Å². The molecule has 0 fully saturated rings. The molecule has 0 heterocycles. The molecule has 0 aliphatic rings. The summed E-state index contributed by atoms with van der Waals surface area (Å²) in [6.07, 6.45) is 0.409. The van der Waals surface area contributed by atoms with Crippen molar-refractivity contribution in [3.8, 4) is 0 Å². The summed E-state index contributed by atoms with van der Waals surface area (Å²) >= 11 is 0. The topological polar surface area (TPSA) is 57.2 Å². The molecule has 0 N–H and O–H groups in total. The van der Waals surface area contributed by atoms with Crippen molar-refractivity contribution in [1.82, 2.24) is 0 Å². The Morgan fingerprint density at radius 2 is 1.58 bits per heavy atom. The zero-order chi connectivity index (χ0) is 9.49. The van der Waals surface area contributed by atoms with Gasteiger partial charge in [-0.15, -0.1) is 0 Å². The second kappa shape index (κ2) is 9.45. The molecule has 0 unspecified atom stereocenters. The van der Waals surface area contributed by atoms with Gasteiger partial charge in [-0.25, -0.2) is 8.42 Å². The van der Waals surface area contributed by atoms with Crippen molar-refractivity contribution >= 4 is 17.7 Å². The Labute approximate surface area is 81.9 Å². The van der Waals surface area contributed by atoms with E-state index in [0.29, 0.717) is 6.42 Å². The van der Waals surface area contributed by atoms with Gasteiger partial charge in [0.15, 0.2) is 0 Å². The molecule has 9 heteroatoms. The predicted octanol–water partition coefficient (Wildman–Crippen LogP) is -2.17. The van der Waals surface area contributed by atoms with Crippen LogP contribution in [0.1, 0.15) is 13.3 Å². The van der Waals surface area contributed by atoms with Crippen LogP contribution in [0.25, 0.3) is 0 Å². The molecule has 0 atom stereocenters. The number of hydrogen-bond acceptors (Lipinski definition) is 3. The maximum Gasteiger partial charge on any atom is 1.00 e. The van der Waals surface area contributed by atoms with Crippen LogP contribution in [0, 0.1) is 0 Å². The van der Waals surface area contributed by atoms with Crippen LogP contribution in [0.4, 0.5) is 12.9 Å². The van der Waals surface area contributed by atoms with Crippen LogP contribution in [0.5, 0.6) is 0 Å². The van der Waals surface area contributed by atoms with Gasteiger partial charge in [0.25, 0.3) is 0 Å². The first-order valence-corrected chi connectivity index (χ1v) is 4.23.